The average Bonchev–Trinajstić information content (AvgIpc) is 2.54. The predicted molar refractivity (Wildman–Crippen MR) is 102 cm³/mol. The molecule has 2 rings (SSSR count). The fourth-order valence-corrected chi connectivity index (χ4v) is 3.01. The minimum Gasteiger partial charge on any atom is -0.496 e. The molecular weight excluding hydrogens is 359 g/mol. The van der Waals surface area contributed by atoms with Crippen LogP contribution in [0.3, 0.4) is 0 Å². The topological polar surface area (TPSA) is 41.6 Å². The molecule has 134 valence electrons. The van der Waals surface area contributed by atoms with E-state index in [-0.39, 0.29) is 12.5 Å². The van der Waals surface area contributed by atoms with E-state index in [2.05, 4.69) is 11.4 Å². The molecule has 0 saturated heterocycles. The van der Waals surface area contributed by atoms with Crippen LogP contribution in [0.2, 0.25) is 10.0 Å². The van der Waals surface area contributed by atoms with Crippen LogP contribution < -0.4 is 10.1 Å². The van der Waals surface area contributed by atoms with Crippen molar-refractivity contribution >= 4 is 29.1 Å². The minimum atomic E-state index is -0.0693. The summed E-state index contributed by atoms with van der Waals surface area (Å²) in [5.41, 5.74) is 3.05. The number of carbonyl (C=O) groups excluding carboxylic acids is 1. The first-order valence-corrected chi connectivity index (χ1v) is 8.67. The zero-order valence-corrected chi connectivity index (χ0v) is 16.1. The summed E-state index contributed by atoms with van der Waals surface area (Å²) >= 11 is 12.0. The van der Waals surface area contributed by atoms with Crippen molar-refractivity contribution in [2.24, 2.45) is 0 Å². The molecule has 0 bridgehead atoms. The van der Waals surface area contributed by atoms with Gasteiger partial charge in [-0.3, -0.25) is 9.69 Å². The number of aryl methyl sites for hydroxylation is 1. The Labute approximate surface area is 158 Å². The summed E-state index contributed by atoms with van der Waals surface area (Å²) in [4.78, 5) is 14.1. The molecule has 0 aromatic heterocycles. The summed E-state index contributed by atoms with van der Waals surface area (Å²) < 4.78 is 5.38. The molecule has 0 spiro atoms. The zero-order valence-electron chi connectivity index (χ0n) is 14.6. The van der Waals surface area contributed by atoms with Gasteiger partial charge in [-0.05, 0) is 37.7 Å². The highest BCUT2D eigenvalue weighted by Crippen LogP contribution is 2.22. The van der Waals surface area contributed by atoms with Crippen LogP contribution in [0.4, 0.5) is 0 Å². The molecule has 0 heterocycles. The lowest BCUT2D eigenvalue weighted by Crippen LogP contribution is -2.34. The van der Waals surface area contributed by atoms with Gasteiger partial charge in [0.05, 0.1) is 13.7 Å². The number of rotatable bonds is 7. The standard InChI is InChI=1S/C19H22Cl2N2O2/c1-13-4-7-18(25-3)15(8-13)11-23(2)12-19(24)22-10-14-5-6-16(20)9-17(14)21/h4-9H,10-12H2,1-3H3,(H,22,24). The molecule has 0 unspecified atom stereocenters. The molecule has 0 radical (unpaired) electrons. The molecule has 2 aromatic carbocycles. The van der Waals surface area contributed by atoms with Gasteiger partial charge in [0, 0.05) is 28.7 Å². The summed E-state index contributed by atoms with van der Waals surface area (Å²) in [5, 5.41) is 4.00. The zero-order chi connectivity index (χ0) is 18.4. The monoisotopic (exact) mass is 380 g/mol. The lowest BCUT2D eigenvalue weighted by molar-refractivity contribution is -0.122. The predicted octanol–water partition coefficient (Wildman–Crippen LogP) is 4.06. The Bertz CT molecular complexity index is 750. The number of amides is 1. The van der Waals surface area contributed by atoms with E-state index in [9.17, 15) is 4.79 Å². The van der Waals surface area contributed by atoms with Crippen LogP contribution in [0.5, 0.6) is 5.75 Å². The van der Waals surface area contributed by atoms with Gasteiger partial charge in [0.2, 0.25) is 5.91 Å². The first kappa shape index (κ1) is 19.6. The quantitative estimate of drug-likeness (QED) is 0.787. The van der Waals surface area contributed by atoms with Gasteiger partial charge in [-0.2, -0.15) is 0 Å². The molecule has 1 amide bonds. The highest BCUT2D eigenvalue weighted by Gasteiger charge is 2.11. The second kappa shape index (κ2) is 9.09. The number of methoxy groups -OCH3 is 1. The van der Waals surface area contributed by atoms with Crippen LogP contribution in [0.15, 0.2) is 36.4 Å². The first-order chi connectivity index (χ1) is 11.9. The number of carbonyl (C=O) groups is 1. The minimum absolute atomic E-state index is 0.0693. The van der Waals surface area contributed by atoms with Gasteiger partial charge in [0.15, 0.2) is 0 Å². The second-order valence-electron chi connectivity index (χ2n) is 6.00. The Morgan fingerprint density at radius 2 is 1.92 bits per heavy atom. The molecule has 4 nitrogen and oxygen atoms in total. The van der Waals surface area contributed by atoms with Gasteiger partial charge in [-0.15, -0.1) is 0 Å². The van der Waals surface area contributed by atoms with Crippen molar-refractivity contribution in [1.82, 2.24) is 10.2 Å². The van der Waals surface area contributed by atoms with Crippen molar-refractivity contribution in [2.75, 3.05) is 20.7 Å². The van der Waals surface area contributed by atoms with Gasteiger partial charge in [0.1, 0.15) is 5.75 Å². The molecule has 0 aliphatic heterocycles. The average molecular weight is 381 g/mol. The van der Waals surface area contributed by atoms with Crippen molar-refractivity contribution in [3.8, 4) is 5.75 Å². The van der Waals surface area contributed by atoms with E-state index in [0.717, 1.165) is 22.4 Å². The van der Waals surface area contributed by atoms with Crippen LogP contribution in [-0.4, -0.2) is 31.5 Å². The molecular formula is C19H22Cl2N2O2. The molecule has 0 aliphatic carbocycles. The molecule has 0 saturated carbocycles. The lowest BCUT2D eigenvalue weighted by Gasteiger charge is -2.18. The van der Waals surface area contributed by atoms with Crippen molar-refractivity contribution in [3.05, 3.63) is 63.1 Å². The number of hydrogen-bond donors (Lipinski definition) is 1. The molecule has 2 aromatic rings. The SMILES string of the molecule is COc1ccc(C)cc1CN(C)CC(=O)NCc1ccc(Cl)cc1Cl. The van der Waals surface area contributed by atoms with Crippen LogP contribution in [-0.2, 0) is 17.9 Å². The summed E-state index contributed by atoms with van der Waals surface area (Å²) in [6, 6.07) is 11.3. The smallest absolute Gasteiger partial charge is 0.234 e. The fourth-order valence-electron chi connectivity index (χ4n) is 2.54. The highest BCUT2D eigenvalue weighted by atomic mass is 35.5. The summed E-state index contributed by atoms with van der Waals surface area (Å²) in [7, 11) is 3.55. The number of ether oxygens (including phenoxy) is 1. The molecule has 1 N–H and O–H groups in total. The van der Waals surface area contributed by atoms with E-state index >= 15 is 0 Å². The van der Waals surface area contributed by atoms with E-state index in [0.29, 0.717) is 23.1 Å². The number of halogens is 2. The third-order valence-electron chi connectivity index (χ3n) is 3.78. The van der Waals surface area contributed by atoms with Crippen LogP contribution >= 0.6 is 23.2 Å². The Hall–Kier alpha value is -1.75. The van der Waals surface area contributed by atoms with Gasteiger partial charge in [-0.25, -0.2) is 0 Å². The van der Waals surface area contributed by atoms with Crippen molar-refractivity contribution in [1.29, 1.82) is 0 Å². The van der Waals surface area contributed by atoms with Gasteiger partial charge in [0.25, 0.3) is 0 Å². The van der Waals surface area contributed by atoms with E-state index < -0.39 is 0 Å². The highest BCUT2D eigenvalue weighted by molar-refractivity contribution is 6.35. The molecule has 0 fully saturated rings. The van der Waals surface area contributed by atoms with E-state index in [1.165, 1.54) is 0 Å². The maximum atomic E-state index is 12.2. The normalized spacial score (nSPS) is 10.8. The number of likely N-dealkylation sites (N-methyl/N-ethyl adjacent to an activating group) is 1. The molecule has 6 heteroatoms. The Morgan fingerprint density at radius 1 is 1.16 bits per heavy atom. The summed E-state index contributed by atoms with van der Waals surface area (Å²) in [6.07, 6.45) is 0. The number of nitrogens with one attached hydrogen (secondary N) is 1. The Kier molecular flexibility index (Phi) is 7.12. The lowest BCUT2D eigenvalue weighted by atomic mass is 10.1. The van der Waals surface area contributed by atoms with E-state index in [1.54, 1.807) is 19.2 Å². The van der Waals surface area contributed by atoms with Crippen LogP contribution in [0, 0.1) is 6.92 Å². The maximum absolute atomic E-state index is 12.2. The maximum Gasteiger partial charge on any atom is 0.234 e. The van der Waals surface area contributed by atoms with Crippen molar-refractivity contribution in [2.45, 2.75) is 20.0 Å². The third kappa shape index (κ3) is 5.92. The number of nitrogens with zero attached hydrogens (tertiary/aromatic N) is 1. The summed E-state index contributed by atoms with van der Waals surface area (Å²) in [6.45, 7) is 3.31. The Balaban J connectivity index is 1.89. The van der Waals surface area contributed by atoms with Crippen LogP contribution in [0.25, 0.3) is 0 Å². The molecule has 0 aliphatic rings. The summed E-state index contributed by atoms with van der Waals surface area (Å²) in [5.74, 6) is 0.756. The van der Waals surface area contributed by atoms with Crippen molar-refractivity contribution < 1.29 is 9.53 Å². The van der Waals surface area contributed by atoms with E-state index in [4.69, 9.17) is 27.9 Å². The first-order valence-electron chi connectivity index (χ1n) is 7.91. The van der Waals surface area contributed by atoms with Crippen LogP contribution in [0.1, 0.15) is 16.7 Å². The van der Waals surface area contributed by atoms with Gasteiger partial charge in [-0.1, -0.05) is 47.0 Å². The third-order valence-corrected chi connectivity index (χ3v) is 4.37. The number of hydrogen-bond acceptors (Lipinski definition) is 3. The van der Waals surface area contributed by atoms with Gasteiger partial charge >= 0.3 is 0 Å². The van der Waals surface area contributed by atoms with E-state index in [1.807, 2.05) is 37.1 Å². The molecule has 0 atom stereocenters. The molecule has 25 heavy (non-hydrogen) atoms. The largest absolute Gasteiger partial charge is 0.496 e. The second-order valence-corrected chi connectivity index (χ2v) is 6.84. The fraction of sp³-hybridized carbons (Fsp3) is 0.316. The number of benzene rings is 2. The van der Waals surface area contributed by atoms with Crippen molar-refractivity contribution in [3.63, 3.8) is 0 Å². The Morgan fingerprint density at radius 3 is 2.60 bits per heavy atom. The van der Waals surface area contributed by atoms with Gasteiger partial charge < -0.3 is 10.1 Å².